The molecular formula is C15H23FN2O. The molecule has 0 amide bonds. The van der Waals surface area contributed by atoms with E-state index in [1.165, 1.54) is 6.07 Å². The predicted octanol–water partition coefficient (Wildman–Crippen LogP) is 2.33. The Bertz CT molecular complexity index is 436. The van der Waals surface area contributed by atoms with E-state index in [4.69, 9.17) is 10.5 Å². The summed E-state index contributed by atoms with van der Waals surface area (Å²) in [5.74, 6) is -0.173. The molecule has 3 nitrogen and oxygen atoms in total. The van der Waals surface area contributed by atoms with Crippen molar-refractivity contribution in [3.05, 3.63) is 29.6 Å². The van der Waals surface area contributed by atoms with Crippen LogP contribution in [0.1, 0.15) is 25.8 Å². The Hall–Kier alpha value is -1.13. The SMILES string of the molecule is CC(N)Cc1c(F)cccc1N(C)C1CCOC1C. The fraction of sp³-hybridized carbons (Fsp3) is 0.600. The van der Waals surface area contributed by atoms with Gasteiger partial charge in [-0.05, 0) is 38.8 Å². The van der Waals surface area contributed by atoms with Crippen LogP contribution in [0.5, 0.6) is 0 Å². The minimum absolute atomic E-state index is 0.0544. The Kier molecular flexibility index (Phi) is 4.42. The van der Waals surface area contributed by atoms with Crippen molar-refractivity contribution in [3.63, 3.8) is 0 Å². The molecule has 0 bridgehead atoms. The maximum Gasteiger partial charge on any atom is 0.128 e. The number of nitrogens with two attached hydrogens (primary N) is 1. The first-order valence-electron chi connectivity index (χ1n) is 6.88. The van der Waals surface area contributed by atoms with E-state index in [0.717, 1.165) is 18.7 Å². The maximum absolute atomic E-state index is 14.0. The van der Waals surface area contributed by atoms with E-state index >= 15 is 0 Å². The van der Waals surface area contributed by atoms with Crippen LogP contribution in [0, 0.1) is 5.82 Å². The zero-order chi connectivity index (χ0) is 14.0. The Labute approximate surface area is 114 Å². The van der Waals surface area contributed by atoms with E-state index in [9.17, 15) is 4.39 Å². The average Bonchev–Trinajstić information content (AvgIpc) is 2.77. The molecule has 1 fully saturated rings. The second-order valence-electron chi connectivity index (χ2n) is 5.46. The minimum Gasteiger partial charge on any atom is -0.376 e. The van der Waals surface area contributed by atoms with Gasteiger partial charge in [0.05, 0.1) is 12.1 Å². The topological polar surface area (TPSA) is 38.5 Å². The van der Waals surface area contributed by atoms with Gasteiger partial charge in [0.2, 0.25) is 0 Å². The monoisotopic (exact) mass is 266 g/mol. The highest BCUT2D eigenvalue weighted by atomic mass is 19.1. The molecule has 0 aliphatic carbocycles. The van der Waals surface area contributed by atoms with E-state index in [0.29, 0.717) is 18.0 Å². The largest absolute Gasteiger partial charge is 0.376 e. The lowest BCUT2D eigenvalue weighted by atomic mass is 10.0. The summed E-state index contributed by atoms with van der Waals surface area (Å²) >= 11 is 0. The van der Waals surface area contributed by atoms with Crippen molar-refractivity contribution in [2.24, 2.45) is 5.73 Å². The summed E-state index contributed by atoms with van der Waals surface area (Å²) in [6.07, 6.45) is 1.71. The molecule has 3 unspecified atom stereocenters. The lowest BCUT2D eigenvalue weighted by Gasteiger charge is -2.31. The van der Waals surface area contributed by atoms with Gasteiger partial charge in [0, 0.05) is 30.9 Å². The number of hydrogen-bond donors (Lipinski definition) is 1. The van der Waals surface area contributed by atoms with Crippen LogP contribution in [0.3, 0.4) is 0 Å². The highest BCUT2D eigenvalue weighted by Gasteiger charge is 2.29. The smallest absolute Gasteiger partial charge is 0.128 e. The molecule has 0 spiro atoms. The van der Waals surface area contributed by atoms with Crippen LogP contribution in [-0.2, 0) is 11.2 Å². The molecule has 0 radical (unpaired) electrons. The molecule has 0 aromatic heterocycles. The average molecular weight is 266 g/mol. The molecule has 0 saturated carbocycles. The minimum atomic E-state index is -0.173. The number of rotatable bonds is 4. The number of likely N-dealkylation sites (N-methyl/N-ethyl adjacent to an activating group) is 1. The van der Waals surface area contributed by atoms with Crippen LogP contribution >= 0.6 is 0 Å². The van der Waals surface area contributed by atoms with Crippen molar-refractivity contribution in [1.29, 1.82) is 0 Å². The van der Waals surface area contributed by atoms with E-state index < -0.39 is 0 Å². The van der Waals surface area contributed by atoms with Gasteiger partial charge in [0.15, 0.2) is 0 Å². The summed E-state index contributed by atoms with van der Waals surface area (Å²) in [4.78, 5) is 2.14. The van der Waals surface area contributed by atoms with E-state index in [1.807, 2.05) is 20.0 Å². The van der Waals surface area contributed by atoms with Crippen molar-refractivity contribution in [3.8, 4) is 0 Å². The maximum atomic E-state index is 14.0. The molecule has 4 heteroatoms. The normalized spacial score (nSPS) is 24.5. The van der Waals surface area contributed by atoms with Crippen LogP contribution in [0.25, 0.3) is 0 Å². The van der Waals surface area contributed by atoms with Crippen molar-refractivity contribution in [2.75, 3.05) is 18.6 Å². The summed E-state index contributed by atoms with van der Waals surface area (Å²) in [6, 6.07) is 5.47. The van der Waals surface area contributed by atoms with Crippen LogP contribution in [0.2, 0.25) is 0 Å². The molecule has 3 atom stereocenters. The summed E-state index contributed by atoms with van der Waals surface area (Å²) in [7, 11) is 2.01. The fourth-order valence-corrected chi connectivity index (χ4v) is 2.81. The number of anilines is 1. The molecule has 1 aromatic carbocycles. The highest BCUT2D eigenvalue weighted by Crippen LogP contribution is 2.29. The van der Waals surface area contributed by atoms with Gasteiger partial charge in [-0.25, -0.2) is 4.39 Å². The Morgan fingerprint density at radius 1 is 1.53 bits per heavy atom. The standard InChI is InChI=1S/C15H23FN2O/c1-10(17)9-12-13(16)5-4-6-15(12)18(3)14-7-8-19-11(14)2/h4-6,10-11,14H,7-9,17H2,1-3H3. The lowest BCUT2D eigenvalue weighted by molar-refractivity contribution is 0.118. The summed E-state index contributed by atoms with van der Waals surface area (Å²) in [6.45, 7) is 4.74. The summed E-state index contributed by atoms with van der Waals surface area (Å²) in [5.41, 5.74) is 7.47. The van der Waals surface area contributed by atoms with Gasteiger partial charge in [-0.15, -0.1) is 0 Å². The molecule has 1 aliphatic rings. The van der Waals surface area contributed by atoms with Crippen LogP contribution < -0.4 is 10.6 Å². The number of benzene rings is 1. The van der Waals surface area contributed by atoms with Crippen molar-refractivity contribution >= 4 is 5.69 Å². The third kappa shape index (κ3) is 3.07. The van der Waals surface area contributed by atoms with E-state index in [2.05, 4.69) is 11.8 Å². The lowest BCUT2D eigenvalue weighted by Crippen LogP contribution is -2.37. The predicted molar refractivity (Wildman–Crippen MR) is 76.0 cm³/mol. The first-order valence-corrected chi connectivity index (χ1v) is 6.88. The first kappa shape index (κ1) is 14.3. The molecule has 1 saturated heterocycles. The number of hydrogen-bond acceptors (Lipinski definition) is 3. The second-order valence-corrected chi connectivity index (χ2v) is 5.46. The quantitative estimate of drug-likeness (QED) is 0.909. The second kappa shape index (κ2) is 5.88. The van der Waals surface area contributed by atoms with Gasteiger partial charge in [-0.1, -0.05) is 6.07 Å². The molecule has 2 rings (SSSR count). The molecule has 1 heterocycles. The van der Waals surface area contributed by atoms with Gasteiger partial charge >= 0.3 is 0 Å². The number of ether oxygens (including phenoxy) is 1. The van der Waals surface area contributed by atoms with Gasteiger partial charge in [0.25, 0.3) is 0 Å². The van der Waals surface area contributed by atoms with Gasteiger partial charge < -0.3 is 15.4 Å². The fourth-order valence-electron chi connectivity index (χ4n) is 2.81. The van der Waals surface area contributed by atoms with E-state index in [1.54, 1.807) is 6.07 Å². The van der Waals surface area contributed by atoms with Crippen LogP contribution in [0.15, 0.2) is 18.2 Å². The Balaban J connectivity index is 2.30. The van der Waals surface area contributed by atoms with Crippen molar-refractivity contribution in [2.45, 2.75) is 44.9 Å². The molecule has 19 heavy (non-hydrogen) atoms. The molecular weight excluding hydrogens is 243 g/mol. The Morgan fingerprint density at radius 2 is 2.26 bits per heavy atom. The number of nitrogens with zero attached hydrogens (tertiary/aromatic N) is 1. The zero-order valence-corrected chi connectivity index (χ0v) is 11.9. The van der Waals surface area contributed by atoms with Crippen LogP contribution in [0.4, 0.5) is 10.1 Å². The number of halogens is 1. The van der Waals surface area contributed by atoms with Gasteiger partial charge in [-0.3, -0.25) is 0 Å². The highest BCUT2D eigenvalue weighted by molar-refractivity contribution is 5.55. The van der Waals surface area contributed by atoms with Gasteiger partial charge in [0.1, 0.15) is 5.82 Å². The first-order chi connectivity index (χ1) is 9.00. The third-order valence-corrected chi connectivity index (χ3v) is 3.83. The van der Waals surface area contributed by atoms with Gasteiger partial charge in [-0.2, -0.15) is 0 Å². The van der Waals surface area contributed by atoms with E-state index in [-0.39, 0.29) is 18.0 Å². The third-order valence-electron chi connectivity index (χ3n) is 3.83. The molecule has 1 aliphatic heterocycles. The van der Waals surface area contributed by atoms with Crippen molar-refractivity contribution in [1.82, 2.24) is 0 Å². The summed E-state index contributed by atoms with van der Waals surface area (Å²) < 4.78 is 19.6. The zero-order valence-electron chi connectivity index (χ0n) is 11.9. The Morgan fingerprint density at radius 3 is 2.84 bits per heavy atom. The molecule has 106 valence electrons. The van der Waals surface area contributed by atoms with Crippen molar-refractivity contribution < 1.29 is 9.13 Å². The summed E-state index contributed by atoms with van der Waals surface area (Å²) in [5, 5.41) is 0. The molecule has 1 aromatic rings. The molecule has 2 N–H and O–H groups in total. The van der Waals surface area contributed by atoms with Crippen LogP contribution in [-0.4, -0.2) is 31.8 Å².